The second-order valence-electron chi connectivity index (χ2n) is 4.02. The number of carbonyl (C=O) groups is 1. The molecule has 2 unspecified atom stereocenters. The van der Waals surface area contributed by atoms with Crippen molar-refractivity contribution in [2.45, 2.75) is 19.1 Å². The van der Waals surface area contributed by atoms with Crippen molar-refractivity contribution >= 4 is 22.4 Å². The molecule has 1 amide bonds. The molecule has 0 aliphatic carbocycles. The Balaban J connectivity index is 2.12. The summed E-state index contributed by atoms with van der Waals surface area (Å²) in [6, 6.07) is -0.0202. The molecule has 94 valence electrons. The number of amides is 1. The lowest BCUT2D eigenvalue weighted by Gasteiger charge is -2.37. The van der Waals surface area contributed by atoms with Gasteiger partial charge < -0.3 is 20.5 Å². The Morgan fingerprint density at radius 3 is 3.18 bits per heavy atom. The molecule has 0 aromatic carbocycles. The molecule has 2 atom stereocenters. The van der Waals surface area contributed by atoms with Crippen molar-refractivity contribution in [3.8, 4) is 0 Å². The molecular formula is C10H15N3O3S. The van der Waals surface area contributed by atoms with Crippen LogP contribution in [0, 0.1) is 0 Å². The number of aromatic nitrogens is 1. The van der Waals surface area contributed by atoms with Crippen molar-refractivity contribution < 1.29 is 14.6 Å². The van der Waals surface area contributed by atoms with E-state index in [2.05, 4.69) is 4.98 Å². The minimum Gasteiger partial charge on any atom is -0.394 e. The van der Waals surface area contributed by atoms with Crippen LogP contribution in [0.1, 0.15) is 17.4 Å². The molecule has 7 heteroatoms. The Morgan fingerprint density at radius 2 is 2.59 bits per heavy atom. The van der Waals surface area contributed by atoms with Gasteiger partial charge >= 0.3 is 0 Å². The first kappa shape index (κ1) is 12.3. The number of rotatable bonds is 2. The van der Waals surface area contributed by atoms with Crippen LogP contribution in [0.4, 0.5) is 5.13 Å². The van der Waals surface area contributed by atoms with Crippen LogP contribution in [0.2, 0.25) is 0 Å². The van der Waals surface area contributed by atoms with Gasteiger partial charge in [-0.25, -0.2) is 4.98 Å². The number of thiazole rings is 1. The number of nitrogens with zero attached hydrogens (tertiary/aromatic N) is 2. The van der Waals surface area contributed by atoms with E-state index < -0.39 is 0 Å². The lowest BCUT2D eigenvalue weighted by Crippen LogP contribution is -2.52. The summed E-state index contributed by atoms with van der Waals surface area (Å²) in [6.45, 7) is 2.63. The van der Waals surface area contributed by atoms with Crippen LogP contribution >= 0.6 is 11.3 Å². The molecule has 1 aromatic rings. The fourth-order valence-electron chi connectivity index (χ4n) is 1.74. The molecule has 2 rings (SSSR count). The number of hydrogen-bond donors (Lipinski definition) is 2. The molecule has 3 N–H and O–H groups in total. The molecule has 2 heterocycles. The number of carbonyl (C=O) groups excluding carboxylic acids is 1. The van der Waals surface area contributed by atoms with E-state index >= 15 is 0 Å². The zero-order chi connectivity index (χ0) is 12.4. The van der Waals surface area contributed by atoms with Gasteiger partial charge in [0.1, 0.15) is 5.69 Å². The van der Waals surface area contributed by atoms with Crippen LogP contribution in [0.3, 0.4) is 0 Å². The molecule has 1 fully saturated rings. The van der Waals surface area contributed by atoms with Crippen molar-refractivity contribution in [1.82, 2.24) is 9.88 Å². The maximum Gasteiger partial charge on any atom is 0.273 e. The van der Waals surface area contributed by atoms with Crippen molar-refractivity contribution in [3.05, 3.63) is 11.1 Å². The van der Waals surface area contributed by atoms with Crippen molar-refractivity contribution in [2.24, 2.45) is 0 Å². The number of aliphatic hydroxyl groups excluding tert-OH is 1. The van der Waals surface area contributed by atoms with E-state index in [-0.39, 0.29) is 24.7 Å². The highest BCUT2D eigenvalue weighted by Gasteiger charge is 2.30. The summed E-state index contributed by atoms with van der Waals surface area (Å²) in [4.78, 5) is 17.8. The van der Waals surface area contributed by atoms with Crippen LogP contribution in [-0.4, -0.2) is 52.8 Å². The van der Waals surface area contributed by atoms with Gasteiger partial charge in [0, 0.05) is 11.9 Å². The van der Waals surface area contributed by atoms with E-state index in [1.165, 1.54) is 11.3 Å². The third-order valence-corrected chi connectivity index (χ3v) is 3.38. The predicted octanol–water partition coefficient (Wildman–Crippen LogP) is -0.0529. The Hall–Kier alpha value is -1.18. The number of anilines is 1. The van der Waals surface area contributed by atoms with E-state index in [9.17, 15) is 4.79 Å². The third-order valence-electron chi connectivity index (χ3n) is 2.71. The van der Waals surface area contributed by atoms with Gasteiger partial charge in [-0.05, 0) is 6.92 Å². The maximum absolute atomic E-state index is 12.2. The number of aliphatic hydroxyl groups is 1. The highest BCUT2D eigenvalue weighted by atomic mass is 32.1. The van der Waals surface area contributed by atoms with Crippen LogP contribution in [-0.2, 0) is 4.74 Å². The Bertz CT molecular complexity index is 409. The average Bonchev–Trinajstić information content (AvgIpc) is 2.76. The number of nitrogens with two attached hydrogens (primary N) is 1. The molecule has 6 nitrogen and oxygen atoms in total. The van der Waals surface area contributed by atoms with Crippen molar-refractivity contribution in [1.29, 1.82) is 0 Å². The van der Waals surface area contributed by atoms with Gasteiger partial charge in [0.15, 0.2) is 5.13 Å². The lowest BCUT2D eigenvalue weighted by molar-refractivity contribution is -0.0668. The lowest BCUT2D eigenvalue weighted by atomic mass is 10.2. The Kier molecular flexibility index (Phi) is 3.60. The SMILES string of the molecule is CC1COC(CO)CN1C(=O)c1csc(N)n1. The van der Waals surface area contributed by atoms with Crippen molar-refractivity contribution in [3.63, 3.8) is 0 Å². The van der Waals surface area contributed by atoms with Gasteiger partial charge in [0.25, 0.3) is 5.91 Å². The van der Waals surface area contributed by atoms with Crippen LogP contribution in [0.15, 0.2) is 5.38 Å². The number of ether oxygens (including phenoxy) is 1. The highest BCUT2D eigenvalue weighted by Crippen LogP contribution is 2.18. The summed E-state index contributed by atoms with van der Waals surface area (Å²) in [5.74, 6) is -0.160. The fourth-order valence-corrected chi connectivity index (χ4v) is 2.28. The van der Waals surface area contributed by atoms with Gasteiger partial charge in [-0.15, -0.1) is 11.3 Å². The van der Waals surface area contributed by atoms with Crippen LogP contribution in [0.5, 0.6) is 0 Å². The summed E-state index contributed by atoms with van der Waals surface area (Å²) in [5, 5.41) is 11.1. The van der Waals surface area contributed by atoms with Gasteiger partial charge in [-0.1, -0.05) is 0 Å². The number of morpholine rings is 1. The van der Waals surface area contributed by atoms with Gasteiger partial charge in [0.05, 0.1) is 25.4 Å². The zero-order valence-electron chi connectivity index (χ0n) is 9.50. The van der Waals surface area contributed by atoms with E-state index in [4.69, 9.17) is 15.6 Å². The number of hydrogen-bond acceptors (Lipinski definition) is 6. The predicted molar refractivity (Wildman–Crippen MR) is 63.9 cm³/mol. The van der Waals surface area contributed by atoms with E-state index in [0.717, 1.165) is 0 Å². The zero-order valence-corrected chi connectivity index (χ0v) is 10.3. The summed E-state index contributed by atoms with van der Waals surface area (Å²) in [6.07, 6.45) is -0.314. The Morgan fingerprint density at radius 1 is 1.82 bits per heavy atom. The summed E-state index contributed by atoms with van der Waals surface area (Å²) < 4.78 is 5.37. The molecular weight excluding hydrogens is 242 g/mol. The van der Waals surface area contributed by atoms with E-state index in [1.54, 1.807) is 10.3 Å². The molecule has 0 saturated carbocycles. The first-order valence-corrected chi connectivity index (χ1v) is 6.24. The standard InChI is InChI=1S/C10H15N3O3S/c1-6-4-16-7(3-14)2-13(6)9(15)8-5-17-10(11)12-8/h5-7,14H,2-4H2,1H3,(H2,11,12). The van der Waals surface area contributed by atoms with E-state index in [1.807, 2.05) is 6.92 Å². The first-order chi connectivity index (χ1) is 8.11. The molecule has 0 spiro atoms. The summed E-state index contributed by atoms with van der Waals surface area (Å²) in [7, 11) is 0. The molecule has 1 aliphatic rings. The highest BCUT2D eigenvalue weighted by molar-refractivity contribution is 7.13. The summed E-state index contributed by atoms with van der Waals surface area (Å²) in [5.41, 5.74) is 5.87. The van der Waals surface area contributed by atoms with Gasteiger partial charge in [0.2, 0.25) is 0 Å². The van der Waals surface area contributed by atoms with Crippen LogP contribution < -0.4 is 5.73 Å². The second kappa shape index (κ2) is 4.99. The largest absolute Gasteiger partial charge is 0.394 e. The summed E-state index contributed by atoms with van der Waals surface area (Å²) >= 11 is 1.24. The fraction of sp³-hybridized carbons (Fsp3) is 0.600. The maximum atomic E-state index is 12.2. The molecule has 17 heavy (non-hydrogen) atoms. The van der Waals surface area contributed by atoms with Gasteiger partial charge in [-0.3, -0.25) is 4.79 Å². The molecule has 0 radical (unpaired) electrons. The van der Waals surface area contributed by atoms with E-state index in [0.29, 0.717) is 24.0 Å². The topological polar surface area (TPSA) is 88.7 Å². The average molecular weight is 257 g/mol. The smallest absolute Gasteiger partial charge is 0.273 e. The van der Waals surface area contributed by atoms with Gasteiger partial charge in [-0.2, -0.15) is 0 Å². The Labute approximate surface area is 103 Å². The van der Waals surface area contributed by atoms with Crippen LogP contribution in [0.25, 0.3) is 0 Å². The second-order valence-corrected chi connectivity index (χ2v) is 4.91. The van der Waals surface area contributed by atoms with Crippen molar-refractivity contribution in [2.75, 3.05) is 25.5 Å². The first-order valence-electron chi connectivity index (χ1n) is 5.36. The molecule has 1 aliphatic heterocycles. The minimum atomic E-state index is -0.314. The molecule has 1 aromatic heterocycles. The third kappa shape index (κ3) is 2.56. The number of nitrogen functional groups attached to an aromatic ring is 1. The minimum absolute atomic E-state index is 0.0202. The monoisotopic (exact) mass is 257 g/mol. The quantitative estimate of drug-likeness (QED) is 0.775. The molecule has 0 bridgehead atoms. The normalized spacial score (nSPS) is 24.9. The molecule has 1 saturated heterocycles.